The zero-order valence-electron chi connectivity index (χ0n) is 11.4. The molecule has 0 aromatic carbocycles. The molecular formula is C14H20N4. The molecule has 96 valence electrons. The molecule has 0 saturated heterocycles. The van der Waals surface area contributed by atoms with Gasteiger partial charge in [0.2, 0.25) is 0 Å². The van der Waals surface area contributed by atoms with Crippen molar-refractivity contribution in [1.82, 2.24) is 20.1 Å². The average Bonchev–Trinajstić information content (AvgIpc) is 2.66. The molecule has 0 saturated carbocycles. The zero-order valence-corrected chi connectivity index (χ0v) is 11.4. The highest BCUT2D eigenvalue weighted by Crippen LogP contribution is 2.19. The van der Waals surface area contributed by atoms with Gasteiger partial charge in [0.25, 0.3) is 0 Å². The van der Waals surface area contributed by atoms with Crippen LogP contribution >= 0.6 is 0 Å². The molecule has 2 aromatic rings. The van der Waals surface area contributed by atoms with Gasteiger partial charge in [0.05, 0.1) is 17.4 Å². The van der Waals surface area contributed by atoms with Gasteiger partial charge in [0.1, 0.15) is 0 Å². The number of likely N-dealkylation sites (N-methyl/N-ethyl adjacent to an activating group) is 1. The van der Waals surface area contributed by atoms with E-state index in [2.05, 4.69) is 34.5 Å². The molecule has 4 heteroatoms. The number of aromatic nitrogens is 3. The van der Waals surface area contributed by atoms with E-state index in [1.54, 1.807) is 0 Å². The lowest BCUT2D eigenvalue weighted by Gasteiger charge is -2.17. The minimum absolute atomic E-state index is 0.223. The minimum atomic E-state index is 0.223. The van der Waals surface area contributed by atoms with Gasteiger partial charge in [0.15, 0.2) is 0 Å². The molecule has 0 fully saturated rings. The Morgan fingerprint density at radius 3 is 2.72 bits per heavy atom. The van der Waals surface area contributed by atoms with Crippen molar-refractivity contribution in [1.29, 1.82) is 0 Å². The lowest BCUT2D eigenvalue weighted by molar-refractivity contribution is 0.546. The maximum Gasteiger partial charge on any atom is 0.0606 e. The van der Waals surface area contributed by atoms with Crippen molar-refractivity contribution in [3.05, 3.63) is 47.0 Å². The van der Waals surface area contributed by atoms with Crippen LogP contribution in [-0.4, -0.2) is 21.8 Å². The highest BCUT2D eigenvalue weighted by Gasteiger charge is 2.15. The first-order valence-electron chi connectivity index (χ1n) is 6.20. The smallest absolute Gasteiger partial charge is 0.0606 e. The average molecular weight is 244 g/mol. The number of rotatable bonds is 4. The van der Waals surface area contributed by atoms with Gasteiger partial charge in [-0.15, -0.1) is 0 Å². The van der Waals surface area contributed by atoms with Crippen LogP contribution in [0.4, 0.5) is 0 Å². The van der Waals surface area contributed by atoms with Crippen LogP contribution in [0, 0.1) is 13.8 Å². The second-order valence-electron chi connectivity index (χ2n) is 4.65. The molecule has 2 heterocycles. The predicted octanol–water partition coefficient (Wildman–Crippen LogP) is 1.94. The summed E-state index contributed by atoms with van der Waals surface area (Å²) >= 11 is 0. The molecule has 4 nitrogen and oxygen atoms in total. The topological polar surface area (TPSA) is 42.7 Å². The lowest BCUT2D eigenvalue weighted by Crippen LogP contribution is -2.22. The van der Waals surface area contributed by atoms with Crippen LogP contribution in [0.3, 0.4) is 0 Å². The van der Waals surface area contributed by atoms with Crippen LogP contribution in [0.25, 0.3) is 0 Å². The normalized spacial score (nSPS) is 12.7. The van der Waals surface area contributed by atoms with E-state index in [0.29, 0.717) is 0 Å². The van der Waals surface area contributed by atoms with E-state index in [1.165, 1.54) is 11.3 Å². The summed E-state index contributed by atoms with van der Waals surface area (Å²) in [5.41, 5.74) is 4.60. The van der Waals surface area contributed by atoms with Gasteiger partial charge in [-0.3, -0.25) is 9.67 Å². The summed E-state index contributed by atoms with van der Waals surface area (Å²) in [6, 6.07) is 6.42. The van der Waals surface area contributed by atoms with Gasteiger partial charge < -0.3 is 5.32 Å². The van der Waals surface area contributed by atoms with E-state index in [4.69, 9.17) is 0 Å². The van der Waals surface area contributed by atoms with E-state index in [1.807, 2.05) is 38.0 Å². The fourth-order valence-corrected chi connectivity index (χ4v) is 2.26. The van der Waals surface area contributed by atoms with Crippen LogP contribution in [-0.2, 0) is 13.5 Å². The van der Waals surface area contributed by atoms with Gasteiger partial charge in [0, 0.05) is 25.4 Å². The van der Waals surface area contributed by atoms with Crippen molar-refractivity contribution in [3.8, 4) is 0 Å². The summed E-state index contributed by atoms with van der Waals surface area (Å²) in [6.07, 6.45) is 2.74. The van der Waals surface area contributed by atoms with Gasteiger partial charge >= 0.3 is 0 Å². The third-order valence-corrected chi connectivity index (χ3v) is 3.24. The molecule has 0 aliphatic heterocycles. The maximum atomic E-state index is 4.49. The number of nitrogens with one attached hydrogen (secondary N) is 1. The quantitative estimate of drug-likeness (QED) is 0.893. The first-order valence-corrected chi connectivity index (χ1v) is 6.20. The summed E-state index contributed by atoms with van der Waals surface area (Å²) in [4.78, 5) is 4.49. The zero-order chi connectivity index (χ0) is 13.1. The number of pyridine rings is 1. The number of hydrogen-bond acceptors (Lipinski definition) is 3. The SMILES string of the molecule is CNC(Cc1cc(C)nn1C)c1ncccc1C. The van der Waals surface area contributed by atoms with Crippen molar-refractivity contribution in [2.75, 3.05) is 7.05 Å². The van der Waals surface area contributed by atoms with E-state index < -0.39 is 0 Å². The Bertz CT molecular complexity index is 530. The first kappa shape index (κ1) is 12.8. The summed E-state index contributed by atoms with van der Waals surface area (Å²) in [7, 11) is 3.96. The molecular weight excluding hydrogens is 224 g/mol. The van der Waals surface area contributed by atoms with Crippen LogP contribution < -0.4 is 5.32 Å². The second kappa shape index (κ2) is 5.31. The second-order valence-corrected chi connectivity index (χ2v) is 4.65. The van der Waals surface area contributed by atoms with Crippen LogP contribution in [0.5, 0.6) is 0 Å². The molecule has 0 bridgehead atoms. The van der Waals surface area contributed by atoms with Crippen molar-refractivity contribution >= 4 is 0 Å². The molecule has 18 heavy (non-hydrogen) atoms. The largest absolute Gasteiger partial charge is 0.311 e. The Hall–Kier alpha value is -1.68. The summed E-state index contributed by atoms with van der Waals surface area (Å²) in [5.74, 6) is 0. The third-order valence-electron chi connectivity index (χ3n) is 3.24. The van der Waals surface area contributed by atoms with Gasteiger partial charge in [-0.25, -0.2) is 0 Å². The molecule has 1 atom stereocenters. The van der Waals surface area contributed by atoms with E-state index in [0.717, 1.165) is 17.8 Å². The standard InChI is InChI=1S/C14H20N4/c1-10-6-5-7-16-14(10)13(15-3)9-12-8-11(2)17-18(12)4/h5-8,13,15H,9H2,1-4H3. The van der Waals surface area contributed by atoms with E-state index in [-0.39, 0.29) is 6.04 Å². The summed E-state index contributed by atoms with van der Waals surface area (Å²) in [5, 5.41) is 7.72. The van der Waals surface area contributed by atoms with E-state index in [9.17, 15) is 0 Å². The molecule has 0 aliphatic rings. The fraction of sp³-hybridized carbons (Fsp3) is 0.429. The van der Waals surface area contributed by atoms with Crippen molar-refractivity contribution in [3.63, 3.8) is 0 Å². The Balaban J connectivity index is 2.25. The van der Waals surface area contributed by atoms with Gasteiger partial charge in [-0.1, -0.05) is 6.07 Å². The predicted molar refractivity (Wildman–Crippen MR) is 72.4 cm³/mol. The number of aryl methyl sites for hydroxylation is 3. The van der Waals surface area contributed by atoms with Gasteiger partial charge in [-0.2, -0.15) is 5.10 Å². The highest BCUT2D eigenvalue weighted by atomic mass is 15.3. The molecule has 0 amide bonds. The number of hydrogen-bond donors (Lipinski definition) is 1. The Morgan fingerprint density at radius 2 is 2.17 bits per heavy atom. The molecule has 0 spiro atoms. The number of nitrogens with zero attached hydrogens (tertiary/aromatic N) is 3. The molecule has 0 radical (unpaired) electrons. The van der Waals surface area contributed by atoms with Crippen molar-refractivity contribution < 1.29 is 0 Å². The highest BCUT2D eigenvalue weighted by molar-refractivity contribution is 5.23. The Morgan fingerprint density at radius 1 is 1.39 bits per heavy atom. The minimum Gasteiger partial charge on any atom is -0.311 e. The van der Waals surface area contributed by atoms with Crippen molar-refractivity contribution in [2.24, 2.45) is 7.05 Å². The molecule has 2 rings (SSSR count). The Labute approximate surface area is 108 Å². The molecule has 0 aliphatic carbocycles. The van der Waals surface area contributed by atoms with E-state index >= 15 is 0 Å². The van der Waals surface area contributed by atoms with Gasteiger partial charge in [-0.05, 0) is 38.6 Å². The fourth-order valence-electron chi connectivity index (χ4n) is 2.26. The molecule has 1 unspecified atom stereocenters. The monoisotopic (exact) mass is 244 g/mol. The van der Waals surface area contributed by atoms with Crippen LogP contribution in [0.15, 0.2) is 24.4 Å². The van der Waals surface area contributed by atoms with Crippen LogP contribution in [0.2, 0.25) is 0 Å². The molecule has 2 aromatic heterocycles. The Kier molecular flexibility index (Phi) is 3.77. The lowest BCUT2D eigenvalue weighted by atomic mass is 10.0. The van der Waals surface area contributed by atoms with Crippen molar-refractivity contribution in [2.45, 2.75) is 26.3 Å². The summed E-state index contributed by atoms with van der Waals surface area (Å²) < 4.78 is 1.94. The first-order chi connectivity index (χ1) is 8.61. The maximum absolute atomic E-state index is 4.49. The molecule has 1 N–H and O–H groups in total. The third kappa shape index (κ3) is 2.59. The van der Waals surface area contributed by atoms with Crippen LogP contribution in [0.1, 0.15) is 28.7 Å². The summed E-state index contributed by atoms with van der Waals surface area (Å²) in [6.45, 7) is 4.12.